The number of piperidine rings is 1. The Bertz CT molecular complexity index is 544. The second kappa shape index (κ2) is 6.37. The number of carbonyl (C=O) groups is 1. The van der Waals surface area contributed by atoms with Gasteiger partial charge in [0.25, 0.3) is 0 Å². The fourth-order valence-electron chi connectivity index (χ4n) is 3.51. The third kappa shape index (κ3) is 3.41. The molecule has 0 aromatic heterocycles. The number of rotatable bonds is 4. The van der Waals surface area contributed by atoms with E-state index in [0.29, 0.717) is 12.5 Å². The lowest BCUT2D eigenvalue weighted by Gasteiger charge is -2.35. The van der Waals surface area contributed by atoms with E-state index in [1.165, 1.54) is 24.0 Å². The summed E-state index contributed by atoms with van der Waals surface area (Å²) in [5.74, 6) is 1.30. The molecular weight excluding hydrogens is 286 g/mol. The molecule has 2 aliphatic heterocycles. The number of ether oxygens (including phenoxy) is 1. The third-order valence-electron chi connectivity index (χ3n) is 4.47. The van der Waals surface area contributed by atoms with E-state index < -0.39 is 0 Å². The molecule has 0 aliphatic carbocycles. The van der Waals surface area contributed by atoms with Crippen LogP contribution in [0.25, 0.3) is 0 Å². The van der Waals surface area contributed by atoms with Crippen molar-refractivity contribution in [3.8, 4) is 5.75 Å². The summed E-state index contributed by atoms with van der Waals surface area (Å²) in [4.78, 5) is 13.9. The zero-order chi connectivity index (χ0) is 14.8. The Balaban J connectivity index is 1.80. The molecule has 1 atom stereocenters. The topological polar surface area (TPSA) is 29.5 Å². The van der Waals surface area contributed by atoms with Crippen molar-refractivity contribution in [3.05, 3.63) is 28.3 Å². The van der Waals surface area contributed by atoms with Gasteiger partial charge >= 0.3 is 0 Å². The molecular formula is C17H22ClNO2. The summed E-state index contributed by atoms with van der Waals surface area (Å²) in [6.45, 7) is 4.33. The van der Waals surface area contributed by atoms with Crippen molar-refractivity contribution in [1.29, 1.82) is 0 Å². The van der Waals surface area contributed by atoms with Crippen LogP contribution in [0.15, 0.2) is 12.1 Å². The summed E-state index contributed by atoms with van der Waals surface area (Å²) < 4.78 is 5.79. The van der Waals surface area contributed by atoms with Gasteiger partial charge in [-0.2, -0.15) is 0 Å². The molecule has 1 saturated heterocycles. The third-order valence-corrected chi connectivity index (χ3v) is 4.69. The molecule has 2 heterocycles. The average Bonchev–Trinajstić information content (AvgIpc) is 2.88. The summed E-state index contributed by atoms with van der Waals surface area (Å²) in [6, 6.07) is 4.40. The van der Waals surface area contributed by atoms with Crippen LogP contribution in [-0.4, -0.2) is 29.9 Å². The number of hydrogen-bond acceptors (Lipinski definition) is 3. The minimum atomic E-state index is 0.277. The zero-order valence-corrected chi connectivity index (χ0v) is 13.3. The molecule has 0 spiro atoms. The maximum Gasteiger partial charge on any atom is 0.131 e. The van der Waals surface area contributed by atoms with E-state index in [1.54, 1.807) is 6.92 Å². The van der Waals surface area contributed by atoms with Crippen LogP contribution in [0.3, 0.4) is 0 Å². The van der Waals surface area contributed by atoms with Crippen LogP contribution in [0.5, 0.6) is 5.75 Å². The first-order valence-electron chi connectivity index (χ1n) is 7.81. The molecule has 4 heteroatoms. The van der Waals surface area contributed by atoms with Gasteiger partial charge < -0.3 is 4.74 Å². The van der Waals surface area contributed by atoms with E-state index in [9.17, 15) is 4.79 Å². The Morgan fingerprint density at radius 1 is 1.43 bits per heavy atom. The summed E-state index contributed by atoms with van der Waals surface area (Å²) in [5, 5.41) is 0.786. The molecule has 3 nitrogen and oxygen atoms in total. The fourth-order valence-corrected chi connectivity index (χ4v) is 3.78. The van der Waals surface area contributed by atoms with Crippen molar-refractivity contribution in [3.63, 3.8) is 0 Å². The second-order valence-electron chi connectivity index (χ2n) is 6.18. The van der Waals surface area contributed by atoms with E-state index in [2.05, 4.69) is 4.90 Å². The van der Waals surface area contributed by atoms with E-state index in [4.69, 9.17) is 16.3 Å². The van der Waals surface area contributed by atoms with Gasteiger partial charge in [-0.3, -0.25) is 9.69 Å². The summed E-state index contributed by atoms with van der Waals surface area (Å²) in [6.07, 6.45) is 5.14. The number of likely N-dealkylation sites (tertiary alicyclic amines) is 1. The average molecular weight is 308 g/mol. The van der Waals surface area contributed by atoms with E-state index >= 15 is 0 Å². The monoisotopic (exact) mass is 307 g/mol. The molecule has 3 rings (SSSR count). The number of Topliss-reactive ketones (excluding diaryl/α,β-unsaturated/α-hetero) is 1. The van der Waals surface area contributed by atoms with Gasteiger partial charge in [0.05, 0.1) is 6.61 Å². The largest absolute Gasteiger partial charge is 0.493 e. The number of ketones is 1. The lowest BCUT2D eigenvalue weighted by Crippen LogP contribution is -2.40. The molecule has 2 aliphatic rings. The van der Waals surface area contributed by atoms with Crippen LogP contribution in [-0.2, 0) is 17.8 Å². The lowest BCUT2D eigenvalue weighted by molar-refractivity contribution is -0.118. The Labute approximate surface area is 131 Å². The molecule has 1 aromatic carbocycles. The molecule has 0 saturated carbocycles. The molecule has 114 valence electrons. The predicted molar refractivity (Wildman–Crippen MR) is 84.0 cm³/mol. The van der Waals surface area contributed by atoms with Gasteiger partial charge in [-0.05, 0) is 44.0 Å². The van der Waals surface area contributed by atoms with E-state index in [0.717, 1.165) is 43.3 Å². The van der Waals surface area contributed by atoms with Crippen molar-refractivity contribution in [2.45, 2.75) is 51.6 Å². The number of halogens is 1. The lowest BCUT2D eigenvalue weighted by atomic mass is 9.96. The van der Waals surface area contributed by atoms with Crippen molar-refractivity contribution >= 4 is 17.4 Å². The minimum absolute atomic E-state index is 0.277. The number of nitrogens with zero attached hydrogens (tertiary/aromatic N) is 1. The van der Waals surface area contributed by atoms with Gasteiger partial charge in [0.2, 0.25) is 0 Å². The van der Waals surface area contributed by atoms with Crippen LogP contribution in [0.4, 0.5) is 0 Å². The minimum Gasteiger partial charge on any atom is -0.493 e. The molecule has 0 amide bonds. The first kappa shape index (κ1) is 14.9. The van der Waals surface area contributed by atoms with Gasteiger partial charge in [-0.15, -0.1) is 0 Å². The molecule has 0 N–H and O–H groups in total. The van der Waals surface area contributed by atoms with E-state index in [-0.39, 0.29) is 5.78 Å². The highest BCUT2D eigenvalue weighted by Gasteiger charge is 2.26. The van der Waals surface area contributed by atoms with Crippen LogP contribution >= 0.6 is 11.6 Å². The van der Waals surface area contributed by atoms with Crippen LogP contribution < -0.4 is 4.74 Å². The number of benzene rings is 1. The first-order chi connectivity index (χ1) is 10.1. The van der Waals surface area contributed by atoms with Crippen LogP contribution in [0.2, 0.25) is 5.02 Å². The highest BCUT2D eigenvalue weighted by Crippen LogP contribution is 2.35. The SMILES string of the molecule is CC(=O)CC1CCCCN1Cc1cc(Cl)cc2c1OCC2. The second-order valence-corrected chi connectivity index (χ2v) is 6.61. The highest BCUT2D eigenvalue weighted by molar-refractivity contribution is 6.30. The first-order valence-corrected chi connectivity index (χ1v) is 8.19. The Morgan fingerprint density at radius 2 is 2.29 bits per heavy atom. The highest BCUT2D eigenvalue weighted by atomic mass is 35.5. The standard InChI is InChI=1S/C17H22ClNO2/c1-12(20)8-16-4-2-3-6-19(16)11-14-10-15(18)9-13-5-7-21-17(13)14/h9-10,16H,2-8,11H2,1H3. The smallest absolute Gasteiger partial charge is 0.131 e. The molecule has 1 fully saturated rings. The predicted octanol–water partition coefficient (Wildman–Crippen LogP) is 3.61. The van der Waals surface area contributed by atoms with Crippen molar-refractivity contribution in [1.82, 2.24) is 4.90 Å². The number of fused-ring (bicyclic) bond motifs is 1. The maximum absolute atomic E-state index is 11.5. The molecule has 0 bridgehead atoms. The summed E-state index contributed by atoms with van der Waals surface area (Å²) >= 11 is 6.24. The van der Waals surface area contributed by atoms with Crippen molar-refractivity contribution in [2.24, 2.45) is 0 Å². The zero-order valence-electron chi connectivity index (χ0n) is 12.5. The fraction of sp³-hybridized carbons (Fsp3) is 0.588. The molecule has 1 unspecified atom stereocenters. The maximum atomic E-state index is 11.5. The Kier molecular flexibility index (Phi) is 4.51. The van der Waals surface area contributed by atoms with E-state index in [1.807, 2.05) is 12.1 Å². The van der Waals surface area contributed by atoms with Gasteiger partial charge in [-0.1, -0.05) is 18.0 Å². The van der Waals surface area contributed by atoms with Gasteiger partial charge in [0.1, 0.15) is 11.5 Å². The quantitative estimate of drug-likeness (QED) is 0.851. The number of carbonyl (C=O) groups excluding carboxylic acids is 1. The van der Waals surface area contributed by atoms with Gasteiger partial charge in [0, 0.05) is 36.0 Å². The molecule has 1 aromatic rings. The Hall–Kier alpha value is -1.06. The summed E-state index contributed by atoms with van der Waals surface area (Å²) in [5.41, 5.74) is 2.39. The summed E-state index contributed by atoms with van der Waals surface area (Å²) in [7, 11) is 0. The Morgan fingerprint density at radius 3 is 3.10 bits per heavy atom. The van der Waals surface area contributed by atoms with Gasteiger partial charge in [-0.25, -0.2) is 0 Å². The number of hydrogen-bond donors (Lipinski definition) is 0. The normalized spacial score (nSPS) is 21.9. The van der Waals surface area contributed by atoms with Crippen LogP contribution in [0, 0.1) is 0 Å². The van der Waals surface area contributed by atoms with Crippen molar-refractivity contribution < 1.29 is 9.53 Å². The molecule has 21 heavy (non-hydrogen) atoms. The molecule has 0 radical (unpaired) electrons. The van der Waals surface area contributed by atoms with Crippen LogP contribution in [0.1, 0.15) is 43.7 Å². The van der Waals surface area contributed by atoms with Gasteiger partial charge in [0.15, 0.2) is 0 Å². The van der Waals surface area contributed by atoms with Crippen molar-refractivity contribution in [2.75, 3.05) is 13.2 Å².